The molecule has 0 atom stereocenters. The summed E-state index contributed by atoms with van der Waals surface area (Å²) in [5, 5.41) is 2.87. The van der Waals surface area contributed by atoms with E-state index in [0.29, 0.717) is 12.5 Å². The Balaban J connectivity index is 2.40. The summed E-state index contributed by atoms with van der Waals surface area (Å²) in [6, 6.07) is 0. The van der Waals surface area contributed by atoms with Crippen LogP contribution < -0.4 is 5.32 Å². The standard InChI is InChI=1S/C13H23NO3/c1-13(2,12(16)17-3)11(15)14-9-10-7-5-4-6-8-10/h10H,4-9H2,1-3H3,(H,14,15). The number of ether oxygens (including phenoxy) is 1. The van der Waals surface area contributed by atoms with Gasteiger partial charge in [0.2, 0.25) is 5.91 Å². The first-order valence-electron chi connectivity index (χ1n) is 6.35. The lowest BCUT2D eigenvalue weighted by Gasteiger charge is -2.25. The van der Waals surface area contributed by atoms with Gasteiger partial charge >= 0.3 is 5.97 Å². The van der Waals surface area contributed by atoms with Gasteiger partial charge in [-0.1, -0.05) is 19.3 Å². The first-order valence-corrected chi connectivity index (χ1v) is 6.35. The number of hydrogen-bond donors (Lipinski definition) is 1. The molecule has 1 fully saturated rings. The van der Waals surface area contributed by atoms with Crippen LogP contribution in [0.15, 0.2) is 0 Å². The van der Waals surface area contributed by atoms with Gasteiger partial charge in [-0.05, 0) is 32.6 Å². The molecule has 0 aliphatic heterocycles. The molecule has 0 spiro atoms. The SMILES string of the molecule is COC(=O)C(C)(C)C(=O)NCC1CCCCC1. The molecule has 0 aromatic carbocycles. The Morgan fingerprint density at radius 1 is 1.24 bits per heavy atom. The Kier molecular flexibility index (Phi) is 4.97. The van der Waals surface area contributed by atoms with Crippen molar-refractivity contribution in [2.45, 2.75) is 46.0 Å². The second-order valence-electron chi connectivity index (χ2n) is 5.33. The topological polar surface area (TPSA) is 55.4 Å². The van der Waals surface area contributed by atoms with E-state index in [9.17, 15) is 9.59 Å². The van der Waals surface area contributed by atoms with Crippen molar-refractivity contribution in [2.24, 2.45) is 11.3 Å². The third kappa shape index (κ3) is 3.72. The van der Waals surface area contributed by atoms with Gasteiger partial charge in [0.05, 0.1) is 7.11 Å². The summed E-state index contributed by atoms with van der Waals surface area (Å²) in [5.41, 5.74) is -1.09. The molecule has 0 radical (unpaired) electrons. The molecule has 0 aromatic rings. The van der Waals surface area contributed by atoms with E-state index in [1.165, 1.54) is 39.2 Å². The molecule has 0 heterocycles. The Bertz CT molecular complexity index is 280. The number of rotatable bonds is 4. The monoisotopic (exact) mass is 241 g/mol. The summed E-state index contributed by atoms with van der Waals surface area (Å²) in [6.07, 6.45) is 6.16. The second-order valence-corrected chi connectivity index (χ2v) is 5.33. The number of hydrogen-bond acceptors (Lipinski definition) is 3. The average Bonchev–Trinajstić information content (AvgIpc) is 2.35. The van der Waals surface area contributed by atoms with Gasteiger partial charge in [0.15, 0.2) is 0 Å². The van der Waals surface area contributed by atoms with Crippen LogP contribution in [-0.2, 0) is 14.3 Å². The van der Waals surface area contributed by atoms with Crippen LogP contribution in [0.3, 0.4) is 0 Å². The van der Waals surface area contributed by atoms with Crippen molar-refractivity contribution in [1.82, 2.24) is 5.32 Å². The van der Waals surface area contributed by atoms with E-state index in [1.54, 1.807) is 13.8 Å². The van der Waals surface area contributed by atoms with Gasteiger partial charge in [-0.2, -0.15) is 0 Å². The van der Waals surface area contributed by atoms with E-state index in [1.807, 2.05) is 0 Å². The minimum atomic E-state index is -1.09. The Morgan fingerprint density at radius 2 is 1.82 bits per heavy atom. The molecule has 4 nitrogen and oxygen atoms in total. The fourth-order valence-electron chi connectivity index (χ4n) is 2.20. The summed E-state index contributed by atoms with van der Waals surface area (Å²) in [6.45, 7) is 3.86. The molecule has 0 bridgehead atoms. The lowest BCUT2D eigenvalue weighted by Crippen LogP contribution is -2.44. The smallest absolute Gasteiger partial charge is 0.320 e. The lowest BCUT2D eigenvalue weighted by atomic mass is 9.88. The van der Waals surface area contributed by atoms with E-state index in [2.05, 4.69) is 10.1 Å². The Morgan fingerprint density at radius 3 is 2.35 bits per heavy atom. The fourth-order valence-corrected chi connectivity index (χ4v) is 2.20. The maximum Gasteiger partial charge on any atom is 0.320 e. The maximum atomic E-state index is 11.9. The minimum Gasteiger partial charge on any atom is -0.468 e. The van der Waals surface area contributed by atoms with Crippen LogP contribution in [0.25, 0.3) is 0 Å². The van der Waals surface area contributed by atoms with Crippen LogP contribution in [0.1, 0.15) is 46.0 Å². The van der Waals surface area contributed by atoms with Gasteiger partial charge in [0, 0.05) is 6.54 Å². The number of methoxy groups -OCH3 is 1. The van der Waals surface area contributed by atoms with E-state index < -0.39 is 11.4 Å². The van der Waals surface area contributed by atoms with E-state index in [4.69, 9.17) is 0 Å². The predicted molar refractivity (Wildman–Crippen MR) is 65.4 cm³/mol. The second kappa shape index (κ2) is 6.03. The Hall–Kier alpha value is -1.06. The van der Waals surface area contributed by atoms with E-state index in [0.717, 1.165) is 0 Å². The van der Waals surface area contributed by atoms with Crippen molar-refractivity contribution in [3.8, 4) is 0 Å². The van der Waals surface area contributed by atoms with Crippen LogP contribution in [0, 0.1) is 11.3 Å². The molecule has 0 unspecified atom stereocenters. The molecule has 98 valence electrons. The predicted octanol–water partition coefficient (Wildman–Crippen LogP) is 1.88. The quantitative estimate of drug-likeness (QED) is 0.604. The largest absolute Gasteiger partial charge is 0.468 e. The summed E-state index contributed by atoms with van der Waals surface area (Å²) in [5.74, 6) is -0.158. The van der Waals surface area contributed by atoms with Crippen LogP contribution in [0.4, 0.5) is 0 Å². The molecule has 1 N–H and O–H groups in total. The molecule has 4 heteroatoms. The van der Waals surface area contributed by atoms with Crippen molar-refractivity contribution < 1.29 is 14.3 Å². The fraction of sp³-hybridized carbons (Fsp3) is 0.846. The van der Waals surface area contributed by atoms with Gasteiger partial charge < -0.3 is 10.1 Å². The summed E-state index contributed by atoms with van der Waals surface area (Å²) in [7, 11) is 1.30. The van der Waals surface area contributed by atoms with Gasteiger partial charge in [-0.3, -0.25) is 9.59 Å². The summed E-state index contributed by atoms with van der Waals surface area (Å²) >= 11 is 0. The zero-order valence-corrected chi connectivity index (χ0v) is 11.0. The number of amides is 1. The molecule has 1 amide bonds. The molecule has 1 rings (SSSR count). The number of esters is 1. The first kappa shape index (κ1) is 14.0. The summed E-state index contributed by atoms with van der Waals surface area (Å²) in [4.78, 5) is 23.3. The highest BCUT2D eigenvalue weighted by Crippen LogP contribution is 2.23. The molecule has 0 saturated heterocycles. The minimum absolute atomic E-state index is 0.241. The van der Waals surface area contributed by atoms with Crippen LogP contribution in [-0.4, -0.2) is 25.5 Å². The molecular formula is C13H23NO3. The number of carbonyl (C=O) groups excluding carboxylic acids is 2. The first-order chi connectivity index (χ1) is 7.98. The van der Waals surface area contributed by atoms with E-state index >= 15 is 0 Å². The molecule has 1 saturated carbocycles. The summed E-state index contributed by atoms with van der Waals surface area (Å²) < 4.78 is 4.63. The van der Waals surface area contributed by atoms with Crippen molar-refractivity contribution >= 4 is 11.9 Å². The van der Waals surface area contributed by atoms with Crippen LogP contribution in [0.5, 0.6) is 0 Å². The average molecular weight is 241 g/mol. The third-order valence-electron chi connectivity index (χ3n) is 3.54. The molecule has 0 aromatic heterocycles. The van der Waals surface area contributed by atoms with Crippen LogP contribution in [0.2, 0.25) is 0 Å². The molecular weight excluding hydrogens is 218 g/mol. The van der Waals surface area contributed by atoms with Crippen molar-refractivity contribution in [3.63, 3.8) is 0 Å². The van der Waals surface area contributed by atoms with Crippen molar-refractivity contribution in [1.29, 1.82) is 0 Å². The molecule has 1 aliphatic carbocycles. The van der Waals surface area contributed by atoms with Gasteiger partial charge in [0.1, 0.15) is 5.41 Å². The highest BCUT2D eigenvalue weighted by molar-refractivity contribution is 6.01. The van der Waals surface area contributed by atoms with E-state index in [-0.39, 0.29) is 5.91 Å². The zero-order valence-electron chi connectivity index (χ0n) is 11.0. The van der Waals surface area contributed by atoms with Crippen LogP contribution >= 0.6 is 0 Å². The van der Waals surface area contributed by atoms with Crippen molar-refractivity contribution in [2.75, 3.05) is 13.7 Å². The highest BCUT2D eigenvalue weighted by atomic mass is 16.5. The normalized spacial score (nSPS) is 17.6. The van der Waals surface area contributed by atoms with Gasteiger partial charge in [-0.15, -0.1) is 0 Å². The zero-order chi connectivity index (χ0) is 12.9. The van der Waals surface area contributed by atoms with Gasteiger partial charge in [-0.25, -0.2) is 0 Å². The number of nitrogens with one attached hydrogen (secondary N) is 1. The number of carbonyl (C=O) groups is 2. The van der Waals surface area contributed by atoms with Crippen molar-refractivity contribution in [3.05, 3.63) is 0 Å². The maximum absolute atomic E-state index is 11.9. The van der Waals surface area contributed by atoms with Gasteiger partial charge in [0.25, 0.3) is 0 Å². The highest BCUT2D eigenvalue weighted by Gasteiger charge is 2.37. The molecule has 17 heavy (non-hydrogen) atoms. The third-order valence-corrected chi connectivity index (χ3v) is 3.54. The Labute approximate surface area is 103 Å². The molecule has 1 aliphatic rings. The lowest BCUT2D eigenvalue weighted by molar-refractivity contribution is -0.156.